The van der Waals surface area contributed by atoms with Crippen LogP contribution in [0.3, 0.4) is 0 Å². The maximum atomic E-state index is 14.1. The van der Waals surface area contributed by atoms with E-state index in [1.807, 2.05) is 29.2 Å². The second-order valence-electron chi connectivity index (χ2n) is 7.35. The highest BCUT2D eigenvalue weighted by Gasteiger charge is 2.31. The lowest BCUT2D eigenvalue weighted by molar-refractivity contribution is 0.163. The zero-order chi connectivity index (χ0) is 22.0. The van der Waals surface area contributed by atoms with Crippen molar-refractivity contribution in [3.8, 4) is 17.1 Å². The lowest BCUT2D eigenvalue weighted by Crippen LogP contribution is -2.48. The smallest absolute Gasteiger partial charge is 0.246 e. The summed E-state index contributed by atoms with van der Waals surface area (Å²) in [5, 5.41) is 4.02. The average Bonchev–Trinajstić information content (AvgIpc) is 3.24. The zero-order valence-electron chi connectivity index (χ0n) is 17.3. The van der Waals surface area contributed by atoms with Crippen LogP contribution in [0.5, 0.6) is 5.75 Å². The van der Waals surface area contributed by atoms with Gasteiger partial charge in [-0.2, -0.15) is 9.29 Å². The van der Waals surface area contributed by atoms with Gasteiger partial charge in [-0.25, -0.2) is 12.8 Å². The van der Waals surface area contributed by atoms with E-state index in [9.17, 15) is 12.8 Å². The molecule has 1 aliphatic heterocycles. The fourth-order valence-electron chi connectivity index (χ4n) is 3.44. The third kappa shape index (κ3) is 4.60. The van der Waals surface area contributed by atoms with Crippen molar-refractivity contribution in [3.63, 3.8) is 0 Å². The third-order valence-corrected chi connectivity index (χ3v) is 7.12. The lowest BCUT2D eigenvalue weighted by Gasteiger charge is -2.33. The Balaban J connectivity index is 1.38. The molecule has 164 valence electrons. The molecule has 1 aromatic heterocycles. The summed E-state index contributed by atoms with van der Waals surface area (Å²) in [5.41, 5.74) is 1.51. The van der Waals surface area contributed by atoms with Gasteiger partial charge >= 0.3 is 0 Å². The highest BCUT2D eigenvalue weighted by molar-refractivity contribution is 7.89. The Morgan fingerprint density at radius 3 is 2.48 bits per heavy atom. The third-order valence-electron chi connectivity index (χ3n) is 5.21. The van der Waals surface area contributed by atoms with E-state index in [4.69, 9.17) is 9.26 Å². The molecule has 0 spiro atoms. The van der Waals surface area contributed by atoms with Crippen molar-refractivity contribution >= 4 is 10.0 Å². The number of sulfonamides is 1. The minimum absolute atomic E-state index is 0.259. The van der Waals surface area contributed by atoms with Crippen LogP contribution >= 0.6 is 0 Å². The number of aryl methyl sites for hydroxylation is 1. The summed E-state index contributed by atoms with van der Waals surface area (Å²) in [6.07, 6.45) is 0. The molecule has 0 saturated carbocycles. The average molecular weight is 447 g/mol. The zero-order valence-corrected chi connectivity index (χ0v) is 18.1. The Labute approximate surface area is 180 Å². The van der Waals surface area contributed by atoms with Crippen LogP contribution in [0.1, 0.15) is 11.5 Å². The van der Waals surface area contributed by atoms with Gasteiger partial charge in [0.1, 0.15) is 16.5 Å². The first-order valence-corrected chi connectivity index (χ1v) is 11.3. The number of hydrogen-bond acceptors (Lipinski definition) is 7. The Morgan fingerprint density at radius 2 is 1.81 bits per heavy atom. The summed E-state index contributed by atoms with van der Waals surface area (Å²) in [4.78, 5) is 6.18. The van der Waals surface area contributed by atoms with Crippen molar-refractivity contribution in [2.75, 3.05) is 33.3 Å². The number of nitrogens with zero attached hydrogens (tertiary/aromatic N) is 4. The molecule has 8 nitrogen and oxygen atoms in total. The minimum atomic E-state index is -3.88. The molecule has 0 N–H and O–H groups in total. The fourth-order valence-corrected chi connectivity index (χ4v) is 5.01. The Hall–Kier alpha value is -2.82. The van der Waals surface area contributed by atoms with Crippen LogP contribution in [0.15, 0.2) is 51.9 Å². The van der Waals surface area contributed by atoms with Gasteiger partial charge in [0.2, 0.25) is 21.7 Å². The van der Waals surface area contributed by atoms with E-state index in [-0.39, 0.29) is 18.0 Å². The van der Waals surface area contributed by atoms with Crippen LogP contribution in [0.25, 0.3) is 11.4 Å². The molecule has 0 radical (unpaired) electrons. The van der Waals surface area contributed by atoms with E-state index in [0.29, 0.717) is 36.9 Å². The topological polar surface area (TPSA) is 88.8 Å². The summed E-state index contributed by atoms with van der Waals surface area (Å²) in [6, 6.07) is 11.5. The second kappa shape index (κ2) is 8.74. The highest BCUT2D eigenvalue weighted by Crippen LogP contribution is 2.23. The summed E-state index contributed by atoms with van der Waals surface area (Å²) in [7, 11) is -2.28. The monoisotopic (exact) mass is 446 g/mol. The first-order valence-electron chi connectivity index (χ1n) is 9.82. The van der Waals surface area contributed by atoms with Crippen LogP contribution in [0.2, 0.25) is 0 Å². The molecule has 10 heteroatoms. The molecule has 0 aliphatic carbocycles. The van der Waals surface area contributed by atoms with Gasteiger partial charge in [-0.05, 0) is 48.9 Å². The van der Waals surface area contributed by atoms with Crippen LogP contribution < -0.4 is 4.74 Å². The fraction of sp³-hybridized carbons (Fsp3) is 0.333. The van der Waals surface area contributed by atoms with Crippen molar-refractivity contribution in [2.24, 2.45) is 0 Å². The Morgan fingerprint density at radius 1 is 1.10 bits per heavy atom. The summed E-state index contributed by atoms with van der Waals surface area (Å²) < 4.78 is 51.6. The first-order chi connectivity index (χ1) is 14.9. The van der Waals surface area contributed by atoms with E-state index in [2.05, 4.69) is 10.1 Å². The predicted molar refractivity (Wildman–Crippen MR) is 111 cm³/mol. The molecule has 1 fully saturated rings. The SMILES string of the molecule is COc1ccc(-c2noc(CN3CCN(S(=O)(=O)c4cc(C)ccc4F)CC3)n2)cc1. The molecular formula is C21H23FN4O4S. The molecular weight excluding hydrogens is 423 g/mol. The Kier molecular flexibility index (Phi) is 6.03. The van der Waals surface area contributed by atoms with Gasteiger partial charge in [0.25, 0.3) is 0 Å². The Bertz CT molecular complexity index is 1160. The molecule has 2 aromatic carbocycles. The van der Waals surface area contributed by atoms with Crippen LogP contribution in [0.4, 0.5) is 4.39 Å². The number of benzene rings is 2. The van der Waals surface area contributed by atoms with Crippen molar-refractivity contribution in [1.29, 1.82) is 0 Å². The summed E-state index contributed by atoms with van der Waals surface area (Å²) in [6.45, 7) is 3.63. The molecule has 0 amide bonds. The maximum Gasteiger partial charge on any atom is 0.246 e. The quantitative estimate of drug-likeness (QED) is 0.575. The molecule has 0 atom stereocenters. The van der Waals surface area contributed by atoms with Gasteiger partial charge in [0.05, 0.1) is 13.7 Å². The molecule has 0 unspecified atom stereocenters. The van der Waals surface area contributed by atoms with E-state index >= 15 is 0 Å². The molecule has 31 heavy (non-hydrogen) atoms. The molecule has 1 saturated heterocycles. The van der Waals surface area contributed by atoms with E-state index < -0.39 is 15.8 Å². The normalized spacial score (nSPS) is 15.8. The van der Waals surface area contributed by atoms with Crippen molar-refractivity contribution in [2.45, 2.75) is 18.4 Å². The first kappa shape index (κ1) is 21.4. The molecule has 1 aliphatic rings. The van der Waals surface area contributed by atoms with Gasteiger partial charge in [-0.1, -0.05) is 11.2 Å². The standard InChI is InChI=1S/C21H23FN4O4S/c1-15-3-8-18(22)19(13-15)31(27,28)26-11-9-25(10-12-26)14-20-23-21(24-30-20)16-4-6-17(29-2)7-5-16/h3-8,13H,9-12,14H2,1-2H3. The summed E-state index contributed by atoms with van der Waals surface area (Å²) >= 11 is 0. The lowest BCUT2D eigenvalue weighted by atomic mass is 10.2. The maximum absolute atomic E-state index is 14.1. The second-order valence-corrected chi connectivity index (χ2v) is 9.26. The predicted octanol–water partition coefficient (Wildman–Crippen LogP) is 2.70. The number of rotatable bonds is 6. The number of halogens is 1. The van der Waals surface area contributed by atoms with Crippen LogP contribution in [-0.4, -0.2) is 61.1 Å². The van der Waals surface area contributed by atoms with Gasteiger partial charge < -0.3 is 9.26 Å². The largest absolute Gasteiger partial charge is 0.497 e. The van der Waals surface area contributed by atoms with Gasteiger partial charge in [0.15, 0.2) is 0 Å². The van der Waals surface area contributed by atoms with E-state index in [0.717, 1.165) is 11.3 Å². The molecule has 0 bridgehead atoms. The van der Waals surface area contributed by atoms with Crippen molar-refractivity contribution in [3.05, 3.63) is 59.7 Å². The minimum Gasteiger partial charge on any atom is -0.497 e. The van der Waals surface area contributed by atoms with Gasteiger partial charge in [-0.15, -0.1) is 0 Å². The number of hydrogen-bond donors (Lipinski definition) is 0. The number of ether oxygens (including phenoxy) is 1. The van der Waals surface area contributed by atoms with E-state index in [1.54, 1.807) is 20.1 Å². The highest BCUT2D eigenvalue weighted by atomic mass is 32.2. The number of methoxy groups -OCH3 is 1. The van der Waals surface area contributed by atoms with E-state index in [1.165, 1.54) is 16.4 Å². The molecule has 4 rings (SSSR count). The van der Waals surface area contributed by atoms with Gasteiger partial charge in [0, 0.05) is 31.7 Å². The van der Waals surface area contributed by atoms with Crippen LogP contribution in [-0.2, 0) is 16.6 Å². The molecule has 2 heterocycles. The number of piperazine rings is 1. The van der Waals surface area contributed by atoms with Crippen molar-refractivity contribution < 1.29 is 22.1 Å². The van der Waals surface area contributed by atoms with Gasteiger partial charge in [-0.3, -0.25) is 4.90 Å². The number of aromatic nitrogens is 2. The summed E-state index contributed by atoms with van der Waals surface area (Å²) in [5.74, 6) is 0.941. The van der Waals surface area contributed by atoms with Crippen LogP contribution in [0, 0.1) is 12.7 Å². The van der Waals surface area contributed by atoms with Crippen molar-refractivity contribution in [1.82, 2.24) is 19.3 Å². The molecule has 3 aromatic rings.